The normalized spacial score (nSPS) is 22.0. The average molecular weight is 374 g/mol. The predicted octanol–water partition coefficient (Wildman–Crippen LogP) is 0.680. The summed E-state index contributed by atoms with van der Waals surface area (Å²) in [4.78, 5) is 11.9. The predicted molar refractivity (Wildman–Crippen MR) is 96.5 cm³/mol. The zero-order valence-electron chi connectivity index (χ0n) is 14.8. The number of benzene rings is 1. The Morgan fingerprint density at radius 2 is 2.33 bits per heavy atom. The molecule has 0 aliphatic carbocycles. The van der Waals surface area contributed by atoms with Gasteiger partial charge >= 0.3 is 7.12 Å². The highest BCUT2D eigenvalue weighted by atomic mass is 19.1. The van der Waals surface area contributed by atoms with Crippen molar-refractivity contribution < 1.29 is 23.6 Å². The first-order valence-electron chi connectivity index (χ1n) is 8.79. The van der Waals surface area contributed by atoms with Crippen LogP contribution in [0.3, 0.4) is 0 Å². The third-order valence-electron chi connectivity index (χ3n) is 5.12. The number of hydrogen-bond donors (Lipinski definition) is 3. The highest BCUT2D eigenvalue weighted by molar-refractivity contribution is 6.61. The van der Waals surface area contributed by atoms with E-state index in [2.05, 4.69) is 17.3 Å². The van der Waals surface area contributed by atoms with E-state index in [1.165, 1.54) is 6.07 Å². The van der Waals surface area contributed by atoms with Crippen LogP contribution in [-0.2, 0) is 16.0 Å². The number of rotatable bonds is 4. The van der Waals surface area contributed by atoms with E-state index in [9.17, 15) is 14.2 Å². The quantitative estimate of drug-likeness (QED) is 0.679. The van der Waals surface area contributed by atoms with Crippen LogP contribution in [0.15, 0.2) is 18.3 Å². The maximum Gasteiger partial charge on any atom is 0.494 e. The Hall–Kier alpha value is -2.43. The number of nitrogens with one attached hydrogen (secondary N) is 1. The van der Waals surface area contributed by atoms with E-state index in [-0.39, 0.29) is 29.5 Å². The second-order valence-electron chi connectivity index (χ2n) is 6.96. The number of nitrogens with zero attached hydrogens (tertiary/aromatic N) is 2. The standard InChI is InChI=1S/C17H20BFN4O4/c1-9-2-3-26-8-14(9)23-6-12(16(20)24)17(22-23)21-11-4-10-7-27-18(25)15(10)13(19)5-11/h4-6,9,14,25H,2-3,7-8H2,1H3,(H2,20,24)(H,21,22)/t9-,14-/m0/s1. The molecule has 2 atom stereocenters. The average Bonchev–Trinajstić information content (AvgIpc) is 3.20. The molecular formula is C17H20BFN4O4. The fraction of sp³-hybridized carbons (Fsp3) is 0.412. The molecule has 2 aromatic rings. The molecule has 2 aliphatic heterocycles. The molecular weight excluding hydrogens is 354 g/mol. The van der Waals surface area contributed by atoms with E-state index < -0.39 is 18.8 Å². The first-order chi connectivity index (χ1) is 12.9. The number of ether oxygens (including phenoxy) is 1. The van der Waals surface area contributed by atoms with E-state index in [1.54, 1.807) is 16.9 Å². The van der Waals surface area contributed by atoms with Crippen LogP contribution in [0, 0.1) is 11.7 Å². The van der Waals surface area contributed by atoms with Crippen molar-refractivity contribution in [1.29, 1.82) is 0 Å². The molecule has 1 amide bonds. The summed E-state index contributed by atoms with van der Waals surface area (Å²) in [6.07, 6.45) is 2.49. The van der Waals surface area contributed by atoms with E-state index in [0.717, 1.165) is 6.42 Å². The highest BCUT2D eigenvalue weighted by Gasteiger charge is 2.32. The van der Waals surface area contributed by atoms with Gasteiger partial charge in [-0.3, -0.25) is 9.48 Å². The van der Waals surface area contributed by atoms with Gasteiger partial charge in [0.15, 0.2) is 5.82 Å². The molecule has 10 heteroatoms. The van der Waals surface area contributed by atoms with Crippen molar-refractivity contribution in [2.75, 3.05) is 18.5 Å². The minimum absolute atomic E-state index is 0.00676. The highest BCUT2D eigenvalue weighted by Crippen LogP contribution is 2.29. The van der Waals surface area contributed by atoms with Crippen LogP contribution < -0.4 is 16.5 Å². The van der Waals surface area contributed by atoms with Crippen LogP contribution in [0.2, 0.25) is 0 Å². The minimum atomic E-state index is -1.26. The van der Waals surface area contributed by atoms with Crippen molar-refractivity contribution in [3.63, 3.8) is 0 Å². The summed E-state index contributed by atoms with van der Waals surface area (Å²) >= 11 is 0. The second kappa shape index (κ2) is 6.95. The Labute approximate surface area is 155 Å². The van der Waals surface area contributed by atoms with Crippen LogP contribution in [0.4, 0.5) is 15.9 Å². The number of hydrogen-bond acceptors (Lipinski definition) is 6. The van der Waals surface area contributed by atoms with Crippen molar-refractivity contribution in [3.8, 4) is 0 Å². The van der Waals surface area contributed by atoms with E-state index in [4.69, 9.17) is 15.1 Å². The Morgan fingerprint density at radius 1 is 1.52 bits per heavy atom. The van der Waals surface area contributed by atoms with Crippen LogP contribution in [-0.4, -0.2) is 41.0 Å². The lowest BCUT2D eigenvalue weighted by atomic mass is 9.79. The number of halogens is 1. The van der Waals surface area contributed by atoms with Gasteiger partial charge in [-0.15, -0.1) is 0 Å². The molecule has 0 bridgehead atoms. The van der Waals surface area contributed by atoms with Gasteiger partial charge in [0.2, 0.25) is 0 Å². The summed E-state index contributed by atoms with van der Waals surface area (Å²) in [6.45, 7) is 3.42. The summed E-state index contributed by atoms with van der Waals surface area (Å²) in [6, 6.07) is 2.88. The largest absolute Gasteiger partial charge is 0.494 e. The monoisotopic (exact) mass is 374 g/mol. The summed E-state index contributed by atoms with van der Waals surface area (Å²) in [5, 5.41) is 17.1. The fourth-order valence-corrected chi connectivity index (χ4v) is 3.53. The number of amides is 1. The second-order valence-corrected chi connectivity index (χ2v) is 6.96. The molecule has 27 heavy (non-hydrogen) atoms. The van der Waals surface area contributed by atoms with Crippen molar-refractivity contribution in [3.05, 3.63) is 35.3 Å². The molecule has 8 nitrogen and oxygen atoms in total. The van der Waals surface area contributed by atoms with Crippen LogP contribution in [0.1, 0.15) is 35.3 Å². The zero-order chi connectivity index (χ0) is 19.1. The lowest BCUT2D eigenvalue weighted by molar-refractivity contribution is 0.0238. The van der Waals surface area contributed by atoms with Gasteiger partial charge in [-0.05, 0) is 30.0 Å². The number of primary amides is 1. The van der Waals surface area contributed by atoms with Crippen molar-refractivity contribution in [2.45, 2.75) is 26.0 Å². The van der Waals surface area contributed by atoms with Gasteiger partial charge in [-0.1, -0.05) is 6.92 Å². The minimum Gasteiger partial charge on any atom is -0.423 e. The topological polar surface area (TPSA) is 112 Å². The van der Waals surface area contributed by atoms with Crippen molar-refractivity contribution >= 4 is 30.0 Å². The van der Waals surface area contributed by atoms with Gasteiger partial charge in [0, 0.05) is 24.0 Å². The SMILES string of the molecule is C[C@H]1CCOC[C@@H]1n1cc(C(N)=O)c(Nc2cc(F)c3c(c2)COB3O)n1. The molecule has 0 unspecified atom stereocenters. The number of carbonyl (C=O) groups is 1. The number of fused-ring (bicyclic) bond motifs is 1. The molecule has 1 aromatic carbocycles. The van der Waals surface area contributed by atoms with Crippen LogP contribution in [0.25, 0.3) is 0 Å². The maximum absolute atomic E-state index is 14.3. The molecule has 0 radical (unpaired) electrons. The number of anilines is 2. The molecule has 3 heterocycles. The fourth-order valence-electron chi connectivity index (χ4n) is 3.53. The zero-order valence-corrected chi connectivity index (χ0v) is 14.8. The lowest BCUT2D eigenvalue weighted by Crippen LogP contribution is -2.31. The molecule has 4 N–H and O–H groups in total. The molecule has 4 rings (SSSR count). The van der Waals surface area contributed by atoms with Gasteiger partial charge in [0.05, 0.1) is 19.3 Å². The third kappa shape index (κ3) is 3.31. The molecule has 0 saturated carbocycles. The first-order valence-corrected chi connectivity index (χ1v) is 8.79. The van der Waals surface area contributed by atoms with E-state index in [1.807, 2.05) is 0 Å². The molecule has 1 fully saturated rings. The number of aromatic nitrogens is 2. The van der Waals surface area contributed by atoms with E-state index in [0.29, 0.717) is 30.4 Å². The van der Waals surface area contributed by atoms with Crippen LogP contribution >= 0.6 is 0 Å². The lowest BCUT2D eigenvalue weighted by Gasteiger charge is -2.28. The Kier molecular flexibility index (Phi) is 4.62. The van der Waals surface area contributed by atoms with Gasteiger partial charge in [0.25, 0.3) is 5.91 Å². The Bertz CT molecular complexity index is 890. The summed E-state index contributed by atoms with van der Waals surface area (Å²) in [5.41, 5.74) is 6.77. The number of carbonyl (C=O) groups excluding carboxylic acids is 1. The molecule has 1 aromatic heterocycles. The third-order valence-corrected chi connectivity index (χ3v) is 5.12. The Balaban J connectivity index is 1.66. The molecule has 1 saturated heterocycles. The first kappa shape index (κ1) is 18.0. The smallest absolute Gasteiger partial charge is 0.423 e. The summed E-state index contributed by atoms with van der Waals surface area (Å²) in [7, 11) is -1.26. The van der Waals surface area contributed by atoms with Gasteiger partial charge in [-0.25, -0.2) is 4.39 Å². The van der Waals surface area contributed by atoms with E-state index >= 15 is 0 Å². The summed E-state index contributed by atoms with van der Waals surface area (Å²) < 4.78 is 26.6. The maximum atomic E-state index is 14.3. The molecule has 142 valence electrons. The van der Waals surface area contributed by atoms with Crippen LogP contribution in [0.5, 0.6) is 0 Å². The molecule has 2 aliphatic rings. The number of nitrogens with two attached hydrogens (primary N) is 1. The molecule has 0 spiro atoms. The Morgan fingerprint density at radius 3 is 3.07 bits per heavy atom. The van der Waals surface area contributed by atoms with Gasteiger partial charge in [-0.2, -0.15) is 5.10 Å². The van der Waals surface area contributed by atoms with Crippen molar-refractivity contribution in [2.24, 2.45) is 11.7 Å². The van der Waals surface area contributed by atoms with Gasteiger partial charge < -0.3 is 25.5 Å². The summed E-state index contributed by atoms with van der Waals surface area (Å²) in [5.74, 6) is -0.634. The van der Waals surface area contributed by atoms with Gasteiger partial charge in [0.1, 0.15) is 11.4 Å². The van der Waals surface area contributed by atoms with Crippen molar-refractivity contribution in [1.82, 2.24) is 9.78 Å².